The van der Waals surface area contributed by atoms with Gasteiger partial charge in [0.25, 0.3) is 0 Å². The molecule has 10 heteroatoms. The van der Waals surface area contributed by atoms with E-state index in [4.69, 9.17) is 24.9 Å². The topological polar surface area (TPSA) is 118 Å². The van der Waals surface area contributed by atoms with Crippen LogP contribution in [0, 0.1) is 0 Å². The highest BCUT2D eigenvalue weighted by Gasteiger charge is 2.21. The maximum Gasteiger partial charge on any atom is 0.488 e. The van der Waals surface area contributed by atoms with Gasteiger partial charge < -0.3 is 10.0 Å². The molecule has 472 valence electrons. The van der Waals surface area contributed by atoms with E-state index in [1.165, 1.54) is 65.3 Å². The summed E-state index contributed by atoms with van der Waals surface area (Å²) >= 11 is 3.82. The van der Waals surface area contributed by atoms with Gasteiger partial charge in [-0.05, 0) is 134 Å². The van der Waals surface area contributed by atoms with Crippen LogP contribution in [-0.2, 0) is 0 Å². The van der Waals surface area contributed by atoms with Gasteiger partial charge in [-0.15, -0.1) is 0 Å². The van der Waals surface area contributed by atoms with Gasteiger partial charge in [-0.2, -0.15) is 0 Å². The van der Waals surface area contributed by atoms with Crippen molar-refractivity contribution in [2.24, 2.45) is 0 Å². The molecule has 0 radical (unpaired) electrons. The molecular formula is C90H60BBrN6O2. The molecule has 0 bridgehead atoms. The van der Waals surface area contributed by atoms with Crippen LogP contribution in [0.15, 0.2) is 357 Å². The number of para-hydroxylation sites is 4. The molecule has 8 nitrogen and oxygen atoms in total. The van der Waals surface area contributed by atoms with Crippen molar-refractivity contribution >= 4 is 93.7 Å². The molecule has 0 saturated heterocycles. The van der Waals surface area contributed by atoms with Gasteiger partial charge in [-0.25, -0.2) is 19.9 Å². The van der Waals surface area contributed by atoms with Gasteiger partial charge in [0, 0.05) is 73.8 Å². The quantitative estimate of drug-likeness (QED) is 0.103. The zero-order valence-electron chi connectivity index (χ0n) is 54.0. The Hall–Kier alpha value is -12.4. The van der Waals surface area contributed by atoms with Crippen LogP contribution in [0.5, 0.6) is 0 Å². The summed E-state index contributed by atoms with van der Waals surface area (Å²) in [6.07, 6.45) is 7.84. The number of aromatic nitrogens is 6. The molecule has 2 N–H and O–H groups in total. The van der Waals surface area contributed by atoms with Crippen LogP contribution in [0.3, 0.4) is 0 Å². The van der Waals surface area contributed by atoms with E-state index in [9.17, 15) is 10.0 Å². The van der Waals surface area contributed by atoms with Crippen molar-refractivity contribution < 1.29 is 10.0 Å². The number of pyridine rings is 2. The van der Waals surface area contributed by atoms with Crippen LogP contribution in [0.1, 0.15) is 0 Å². The predicted molar refractivity (Wildman–Crippen MR) is 418 cm³/mol. The van der Waals surface area contributed by atoms with Crippen LogP contribution in [-0.4, -0.2) is 47.1 Å². The first kappa shape index (κ1) is 62.4. The van der Waals surface area contributed by atoms with Gasteiger partial charge in [-0.3, -0.25) is 9.97 Å². The summed E-state index contributed by atoms with van der Waals surface area (Å²) in [5, 5.41) is 28.3. The fourth-order valence-corrected chi connectivity index (χ4v) is 14.2. The highest BCUT2D eigenvalue weighted by molar-refractivity contribution is 9.10. The lowest BCUT2D eigenvalue weighted by molar-refractivity contribution is 0.426. The summed E-state index contributed by atoms with van der Waals surface area (Å²) in [7, 11) is -1.48. The van der Waals surface area contributed by atoms with Gasteiger partial charge in [0.15, 0.2) is 0 Å². The molecule has 0 amide bonds. The lowest BCUT2D eigenvalue weighted by Crippen LogP contribution is -2.29. The molecule has 0 spiro atoms. The maximum absolute atomic E-state index is 9.29. The second-order valence-electron chi connectivity index (χ2n) is 24.4. The number of halogens is 1. The molecule has 0 atom stereocenters. The van der Waals surface area contributed by atoms with Gasteiger partial charge in [0.05, 0.1) is 44.8 Å². The fourth-order valence-electron chi connectivity index (χ4n) is 13.5. The SMILES string of the molecule is Brc1c2ccccc2c(-c2cncc(-c3ccccc3)c2)c2ccccc12.OB(O)c1ccc(-c2nc3ccccc3nc2-c2ccccc2)cc1.c1ccc(-c2cncc(-c3c4ccccc4c(-c4ccc(-c5nc6ccccc6nc5-c5ccccc5)cc4)c4ccccc34)c2)cc1. The van der Waals surface area contributed by atoms with Crippen molar-refractivity contribution in [1.82, 2.24) is 29.9 Å². The van der Waals surface area contributed by atoms with E-state index in [-0.39, 0.29) is 0 Å². The van der Waals surface area contributed by atoms with Crippen molar-refractivity contribution in [1.29, 1.82) is 0 Å². The molecule has 0 unspecified atom stereocenters. The monoisotopic (exact) mass is 1350 g/mol. The van der Waals surface area contributed by atoms with Crippen molar-refractivity contribution in [3.63, 3.8) is 0 Å². The van der Waals surface area contributed by atoms with Crippen LogP contribution in [0.2, 0.25) is 0 Å². The third kappa shape index (κ3) is 12.5. The number of hydrogen-bond acceptors (Lipinski definition) is 8. The first-order valence-corrected chi connectivity index (χ1v) is 33.9. The summed E-state index contributed by atoms with van der Waals surface area (Å²) in [6, 6.07) is 112. The van der Waals surface area contributed by atoms with Crippen molar-refractivity contribution in [3.05, 3.63) is 357 Å². The second kappa shape index (κ2) is 28.0. The third-order valence-corrected chi connectivity index (χ3v) is 19.1. The number of benzene rings is 14. The summed E-state index contributed by atoms with van der Waals surface area (Å²) < 4.78 is 1.14. The summed E-state index contributed by atoms with van der Waals surface area (Å²) in [5.41, 5.74) is 22.8. The summed E-state index contributed by atoms with van der Waals surface area (Å²) in [5.74, 6) is 0. The molecular weight excluding hydrogens is 1290 g/mol. The molecule has 100 heavy (non-hydrogen) atoms. The Balaban J connectivity index is 0.000000127. The van der Waals surface area contributed by atoms with Crippen LogP contribution in [0.25, 0.3) is 166 Å². The molecule has 0 fully saturated rings. The van der Waals surface area contributed by atoms with Gasteiger partial charge in [0.1, 0.15) is 0 Å². The van der Waals surface area contributed by atoms with E-state index >= 15 is 0 Å². The standard InChI is InChI=1S/C45H29N3.C25H16BrN.C20H15BN2O2/c1-3-13-30(14-4-1)34-27-35(29-46-28-34)43-38-19-9-7-17-36(38)42(37-18-8-10-20-39(37)43)31-23-25-33(26-24-31)45-44(32-15-5-2-6-16-32)47-40-21-11-12-22-41(40)48-45;26-25-22-12-6-4-10-20(22)24(21-11-5-7-13-23(21)25)19-14-18(15-27-16-19)17-8-2-1-3-9-17;24-21(25)16-12-10-15(11-13-16)20-19(14-6-2-1-3-7-14)22-17-8-4-5-9-18(17)23-20/h1-29H;1-16H;1-13,24-25H. The van der Waals surface area contributed by atoms with E-state index < -0.39 is 7.12 Å². The summed E-state index contributed by atoms with van der Waals surface area (Å²) in [6.45, 7) is 0. The first-order valence-electron chi connectivity index (χ1n) is 33.1. The van der Waals surface area contributed by atoms with Crippen molar-refractivity contribution in [2.75, 3.05) is 0 Å². The number of rotatable bonds is 10. The van der Waals surface area contributed by atoms with Crippen LogP contribution in [0.4, 0.5) is 0 Å². The minimum Gasteiger partial charge on any atom is -0.423 e. The first-order chi connectivity index (χ1) is 49.4. The zero-order chi connectivity index (χ0) is 67.3. The molecule has 0 saturated carbocycles. The molecule has 0 aliphatic rings. The van der Waals surface area contributed by atoms with E-state index in [0.29, 0.717) is 5.46 Å². The van der Waals surface area contributed by atoms with E-state index in [1.54, 1.807) is 12.1 Å². The molecule has 4 heterocycles. The van der Waals surface area contributed by atoms with Crippen LogP contribution < -0.4 is 5.46 Å². The Labute approximate surface area is 587 Å². The summed E-state index contributed by atoms with van der Waals surface area (Å²) in [4.78, 5) is 29.1. The number of nitrogens with zero attached hydrogens (tertiary/aromatic N) is 6. The third-order valence-electron chi connectivity index (χ3n) is 18.2. The Bertz CT molecular complexity index is 5900. The highest BCUT2D eigenvalue weighted by atomic mass is 79.9. The molecule has 4 aromatic heterocycles. The average molecular weight is 1350 g/mol. The smallest absolute Gasteiger partial charge is 0.423 e. The van der Waals surface area contributed by atoms with E-state index in [1.807, 2.05) is 146 Å². The molecule has 18 rings (SSSR count). The maximum atomic E-state index is 9.29. The predicted octanol–water partition coefficient (Wildman–Crippen LogP) is 21.8. The van der Waals surface area contributed by atoms with Crippen LogP contribution >= 0.6 is 15.9 Å². The van der Waals surface area contributed by atoms with Gasteiger partial charge in [-0.1, -0.05) is 291 Å². The number of fused-ring (bicyclic) bond motifs is 6. The van der Waals surface area contributed by atoms with E-state index in [2.05, 4.69) is 215 Å². The van der Waals surface area contributed by atoms with Crippen molar-refractivity contribution in [2.45, 2.75) is 0 Å². The molecule has 18 aromatic rings. The second-order valence-corrected chi connectivity index (χ2v) is 25.2. The lowest BCUT2D eigenvalue weighted by atomic mass is 9.80. The number of hydrogen-bond donors (Lipinski definition) is 2. The minimum absolute atomic E-state index is 0.443. The Morgan fingerprint density at radius 1 is 0.220 bits per heavy atom. The van der Waals surface area contributed by atoms with Gasteiger partial charge >= 0.3 is 7.12 Å². The molecule has 0 aliphatic heterocycles. The molecule has 0 aliphatic carbocycles. The van der Waals surface area contributed by atoms with Gasteiger partial charge in [0.2, 0.25) is 0 Å². The minimum atomic E-state index is -1.48. The Kier molecular flexibility index (Phi) is 17.4. The highest BCUT2D eigenvalue weighted by Crippen LogP contribution is 2.46. The average Bonchev–Trinajstić information content (AvgIpc) is 0.743. The van der Waals surface area contributed by atoms with E-state index in [0.717, 1.165) is 105 Å². The molecule has 14 aromatic carbocycles. The Morgan fingerprint density at radius 2 is 0.460 bits per heavy atom. The normalized spacial score (nSPS) is 11.2. The largest absolute Gasteiger partial charge is 0.488 e. The zero-order valence-corrected chi connectivity index (χ0v) is 55.6. The fraction of sp³-hybridized carbons (Fsp3) is 0. The lowest BCUT2D eigenvalue weighted by Gasteiger charge is -2.18. The van der Waals surface area contributed by atoms with Crippen molar-refractivity contribution in [3.8, 4) is 101 Å². The Morgan fingerprint density at radius 3 is 0.790 bits per heavy atom.